The summed E-state index contributed by atoms with van der Waals surface area (Å²) in [6.07, 6.45) is 0. The zero-order valence-corrected chi connectivity index (χ0v) is 23.9. The van der Waals surface area contributed by atoms with Crippen LogP contribution in [-0.2, 0) is 6.54 Å². The average molecular weight is 553 g/mol. The Bertz CT molecular complexity index is 1960. The van der Waals surface area contributed by atoms with Crippen molar-refractivity contribution in [2.24, 2.45) is 0 Å². The summed E-state index contributed by atoms with van der Waals surface area (Å²) in [6.45, 7) is 6.89. The summed E-state index contributed by atoms with van der Waals surface area (Å²) in [5.74, 6) is -1.03. The van der Waals surface area contributed by atoms with Gasteiger partial charge < -0.3 is 15.0 Å². The van der Waals surface area contributed by atoms with Crippen LogP contribution in [0.2, 0.25) is 0 Å². The van der Waals surface area contributed by atoms with Gasteiger partial charge in [-0.05, 0) is 83.6 Å². The van der Waals surface area contributed by atoms with E-state index >= 15 is 0 Å². The van der Waals surface area contributed by atoms with Gasteiger partial charge in [0.25, 0.3) is 5.91 Å². The lowest BCUT2D eigenvalue weighted by molar-refractivity contribution is 0.0697. The van der Waals surface area contributed by atoms with E-state index in [4.69, 9.17) is 0 Å². The minimum Gasteiger partial charge on any atom is -0.478 e. The Morgan fingerprint density at radius 2 is 1.52 bits per heavy atom. The van der Waals surface area contributed by atoms with Crippen LogP contribution in [0.25, 0.3) is 32.8 Å². The van der Waals surface area contributed by atoms with E-state index in [1.54, 1.807) is 12.1 Å². The maximum absolute atomic E-state index is 13.4. The van der Waals surface area contributed by atoms with Crippen molar-refractivity contribution in [3.05, 3.63) is 143 Å². The number of hydrogen-bond acceptors (Lipinski definition) is 2. The summed E-state index contributed by atoms with van der Waals surface area (Å²) in [4.78, 5) is 25.0. The molecule has 42 heavy (non-hydrogen) atoms. The maximum atomic E-state index is 13.4. The van der Waals surface area contributed by atoms with Crippen LogP contribution in [-0.4, -0.2) is 21.6 Å². The molecule has 0 saturated carbocycles. The van der Waals surface area contributed by atoms with Crippen molar-refractivity contribution in [1.82, 2.24) is 9.88 Å². The number of amides is 1. The van der Waals surface area contributed by atoms with Crippen LogP contribution in [0, 0.1) is 13.8 Å². The van der Waals surface area contributed by atoms with Crippen molar-refractivity contribution in [3.8, 4) is 11.1 Å². The monoisotopic (exact) mass is 552 g/mol. The third kappa shape index (κ3) is 4.94. The van der Waals surface area contributed by atoms with Crippen molar-refractivity contribution < 1.29 is 14.7 Å². The molecular formula is C37H32N2O3. The SMILES string of the molecule is Cc1c(C)n(Cc2ccc(-c3ccccc3C(=O)O)cc2)c2ccc(C(=O)NC(C)c3cccc4ccccc34)cc12. The molecule has 0 aliphatic carbocycles. The van der Waals surface area contributed by atoms with Crippen molar-refractivity contribution in [1.29, 1.82) is 0 Å². The number of carboxylic acid groups (broad SMARTS) is 1. The van der Waals surface area contributed by atoms with Crippen LogP contribution in [0.5, 0.6) is 0 Å². The molecule has 208 valence electrons. The normalized spacial score (nSPS) is 12.0. The Balaban J connectivity index is 1.24. The predicted octanol–water partition coefficient (Wildman–Crippen LogP) is 8.32. The summed E-state index contributed by atoms with van der Waals surface area (Å²) in [7, 11) is 0. The third-order valence-corrected chi connectivity index (χ3v) is 8.30. The van der Waals surface area contributed by atoms with E-state index in [-0.39, 0.29) is 11.9 Å². The van der Waals surface area contributed by atoms with Crippen LogP contribution in [0.15, 0.2) is 109 Å². The van der Waals surface area contributed by atoms with E-state index in [0.717, 1.165) is 49.6 Å². The molecule has 1 aromatic heterocycles. The van der Waals surface area contributed by atoms with E-state index in [1.807, 2.05) is 79.7 Å². The largest absolute Gasteiger partial charge is 0.478 e. The van der Waals surface area contributed by atoms with Gasteiger partial charge in [0, 0.05) is 28.7 Å². The molecular weight excluding hydrogens is 520 g/mol. The Labute approximate surface area is 245 Å². The second-order valence-corrected chi connectivity index (χ2v) is 10.8. The number of aromatic nitrogens is 1. The standard InChI is InChI=1S/C37H32N2O3/c1-23-25(3)39(22-26-15-17-28(18-16-26)32-12-6-7-13-33(32)37(41)42)35-20-19-29(21-34(23)35)36(40)38-24(2)30-14-8-10-27-9-4-5-11-31(27)30/h4-21,24H,22H2,1-3H3,(H,38,40)(H,41,42). The van der Waals surface area contributed by atoms with Crippen LogP contribution >= 0.6 is 0 Å². The van der Waals surface area contributed by atoms with Gasteiger partial charge in [0.2, 0.25) is 0 Å². The molecule has 0 fully saturated rings. The number of carbonyl (C=O) groups is 2. The number of rotatable bonds is 7. The summed E-state index contributed by atoms with van der Waals surface area (Å²) < 4.78 is 2.27. The second kappa shape index (κ2) is 11.0. The molecule has 0 bridgehead atoms. The number of aryl methyl sites for hydroxylation is 1. The average Bonchev–Trinajstić information content (AvgIpc) is 3.25. The summed E-state index contributed by atoms with van der Waals surface area (Å²) in [5, 5.41) is 16.1. The first kappa shape index (κ1) is 27.0. The number of carboxylic acids is 1. The fraction of sp³-hybridized carbons (Fsp3) is 0.135. The van der Waals surface area contributed by atoms with Crippen molar-refractivity contribution >= 4 is 33.6 Å². The molecule has 6 rings (SSSR count). The molecule has 0 radical (unpaired) electrons. The minimum absolute atomic E-state index is 0.0978. The molecule has 1 atom stereocenters. The molecule has 0 spiro atoms. The van der Waals surface area contributed by atoms with Crippen LogP contribution in [0.3, 0.4) is 0 Å². The van der Waals surface area contributed by atoms with E-state index in [1.165, 1.54) is 0 Å². The lowest BCUT2D eigenvalue weighted by Gasteiger charge is -2.17. The lowest BCUT2D eigenvalue weighted by atomic mass is 9.99. The van der Waals surface area contributed by atoms with Gasteiger partial charge in [-0.3, -0.25) is 4.79 Å². The fourth-order valence-corrected chi connectivity index (χ4v) is 5.87. The van der Waals surface area contributed by atoms with E-state index in [2.05, 4.69) is 48.0 Å². The van der Waals surface area contributed by atoms with Gasteiger partial charge in [-0.15, -0.1) is 0 Å². The zero-order valence-electron chi connectivity index (χ0n) is 23.9. The topological polar surface area (TPSA) is 71.3 Å². The van der Waals surface area contributed by atoms with Gasteiger partial charge in [-0.1, -0.05) is 84.9 Å². The van der Waals surface area contributed by atoms with Crippen molar-refractivity contribution in [3.63, 3.8) is 0 Å². The number of nitrogens with zero attached hydrogens (tertiary/aromatic N) is 1. The van der Waals surface area contributed by atoms with E-state index < -0.39 is 5.97 Å². The summed E-state index contributed by atoms with van der Waals surface area (Å²) in [6, 6.07) is 35.3. The van der Waals surface area contributed by atoms with Gasteiger partial charge in [-0.25, -0.2) is 4.79 Å². The third-order valence-electron chi connectivity index (χ3n) is 8.30. The number of nitrogens with one attached hydrogen (secondary N) is 1. The van der Waals surface area contributed by atoms with Gasteiger partial charge in [0.05, 0.1) is 11.6 Å². The number of carbonyl (C=O) groups excluding carboxylic acids is 1. The van der Waals surface area contributed by atoms with Crippen molar-refractivity contribution in [2.75, 3.05) is 0 Å². The molecule has 0 aliphatic heterocycles. The van der Waals surface area contributed by atoms with Gasteiger partial charge in [0.15, 0.2) is 0 Å². The van der Waals surface area contributed by atoms with Gasteiger partial charge in [-0.2, -0.15) is 0 Å². The number of fused-ring (bicyclic) bond motifs is 2. The quantitative estimate of drug-likeness (QED) is 0.209. The highest BCUT2D eigenvalue weighted by Crippen LogP contribution is 2.30. The first-order valence-electron chi connectivity index (χ1n) is 14.1. The molecule has 5 aromatic carbocycles. The zero-order chi connectivity index (χ0) is 29.4. The second-order valence-electron chi connectivity index (χ2n) is 10.8. The highest BCUT2D eigenvalue weighted by Gasteiger charge is 2.17. The molecule has 0 saturated heterocycles. The molecule has 1 amide bonds. The molecule has 2 N–H and O–H groups in total. The predicted molar refractivity (Wildman–Crippen MR) is 169 cm³/mol. The Morgan fingerprint density at radius 1 is 0.810 bits per heavy atom. The molecule has 6 aromatic rings. The smallest absolute Gasteiger partial charge is 0.336 e. The first-order chi connectivity index (χ1) is 20.3. The highest BCUT2D eigenvalue weighted by atomic mass is 16.4. The van der Waals surface area contributed by atoms with Gasteiger partial charge >= 0.3 is 5.97 Å². The molecule has 0 aliphatic rings. The van der Waals surface area contributed by atoms with Crippen LogP contribution in [0.1, 0.15) is 56.1 Å². The molecule has 5 heteroatoms. The fourth-order valence-electron chi connectivity index (χ4n) is 5.87. The van der Waals surface area contributed by atoms with Crippen LogP contribution < -0.4 is 5.32 Å². The molecule has 5 nitrogen and oxygen atoms in total. The number of aromatic carboxylic acids is 1. The van der Waals surface area contributed by atoms with Crippen molar-refractivity contribution in [2.45, 2.75) is 33.4 Å². The van der Waals surface area contributed by atoms with E-state index in [0.29, 0.717) is 23.2 Å². The van der Waals surface area contributed by atoms with E-state index in [9.17, 15) is 14.7 Å². The Kier molecular flexibility index (Phi) is 7.09. The highest BCUT2D eigenvalue weighted by molar-refractivity contribution is 6.00. The maximum Gasteiger partial charge on any atom is 0.336 e. The number of benzene rings is 5. The number of hydrogen-bond donors (Lipinski definition) is 2. The lowest BCUT2D eigenvalue weighted by Crippen LogP contribution is -2.26. The molecule has 1 heterocycles. The summed E-state index contributed by atoms with van der Waals surface area (Å²) >= 11 is 0. The summed E-state index contributed by atoms with van der Waals surface area (Å²) in [5.41, 5.74) is 8.07. The Hall–Kier alpha value is -5.16. The first-order valence-corrected chi connectivity index (χ1v) is 14.1. The Morgan fingerprint density at radius 3 is 2.31 bits per heavy atom. The van der Waals surface area contributed by atoms with Crippen LogP contribution in [0.4, 0.5) is 0 Å². The minimum atomic E-state index is -0.935. The molecule has 1 unspecified atom stereocenters. The van der Waals surface area contributed by atoms with Gasteiger partial charge in [0.1, 0.15) is 0 Å².